The molecule has 3 heteroatoms. The molecule has 0 radical (unpaired) electrons. The quantitative estimate of drug-likeness (QED) is 0.355. The average Bonchev–Trinajstić information content (AvgIpc) is 2.16. The molecule has 1 amide bonds. The Morgan fingerprint density at radius 1 is 1.15 bits per heavy atom. The van der Waals surface area contributed by atoms with E-state index in [9.17, 15) is 9.59 Å². The number of aldehydes is 1. The summed E-state index contributed by atoms with van der Waals surface area (Å²) >= 11 is 0. The zero-order chi connectivity index (χ0) is 9.94. The molecule has 0 saturated carbocycles. The number of unbranched alkanes of at least 4 members (excludes halogenated alkanes) is 5. The second kappa shape index (κ2) is 9.23. The van der Waals surface area contributed by atoms with Crippen LogP contribution in [0.1, 0.15) is 45.4 Å². The molecule has 76 valence electrons. The number of hydrogen-bond acceptors (Lipinski definition) is 2. The lowest BCUT2D eigenvalue weighted by molar-refractivity contribution is -0.131. The van der Waals surface area contributed by atoms with E-state index in [4.69, 9.17) is 0 Å². The Hall–Kier alpha value is -0.860. The van der Waals surface area contributed by atoms with Crippen molar-refractivity contribution >= 4 is 12.2 Å². The highest BCUT2D eigenvalue weighted by Crippen LogP contribution is 2.03. The molecule has 0 saturated heterocycles. The van der Waals surface area contributed by atoms with E-state index in [0.29, 0.717) is 12.8 Å². The second-order valence-corrected chi connectivity index (χ2v) is 3.18. The third-order valence-electron chi connectivity index (χ3n) is 1.94. The molecule has 0 heterocycles. The Labute approximate surface area is 79.9 Å². The summed E-state index contributed by atoms with van der Waals surface area (Å²) in [5, 5.41) is 2.52. The van der Waals surface area contributed by atoms with Gasteiger partial charge in [0.05, 0.1) is 0 Å². The third-order valence-corrected chi connectivity index (χ3v) is 1.94. The van der Waals surface area contributed by atoms with Crippen LogP contribution in [0, 0.1) is 0 Å². The van der Waals surface area contributed by atoms with Gasteiger partial charge in [0, 0.05) is 6.54 Å². The van der Waals surface area contributed by atoms with Gasteiger partial charge in [-0.2, -0.15) is 0 Å². The summed E-state index contributed by atoms with van der Waals surface area (Å²) < 4.78 is 0. The second-order valence-electron chi connectivity index (χ2n) is 3.18. The van der Waals surface area contributed by atoms with Crippen molar-refractivity contribution in [3.63, 3.8) is 0 Å². The molecule has 0 atom stereocenters. The lowest BCUT2D eigenvalue weighted by Gasteiger charge is -2.00. The predicted octanol–water partition coefficient (Wildman–Crippen LogP) is 1.66. The van der Waals surface area contributed by atoms with Crippen molar-refractivity contribution in [3.8, 4) is 0 Å². The van der Waals surface area contributed by atoms with Crippen molar-refractivity contribution in [1.29, 1.82) is 0 Å². The lowest BCUT2D eigenvalue weighted by Crippen LogP contribution is -2.24. The highest BCUT2D eigenvalue weighted by molar-refractivity contribution is 6.23. The molecule has 0 aliphatic heterocycles. The van der Waals surface area contributed by atoms with Crippen LogP contribution in [-0.2, 0) is 9.59 Å². The van der Waals surface area contributed by atoms with Gasteiger partial charge in [-0.1, -0.05) is 39.0 Å². The first-order valence-electron chi connectivity index (χ1n) is 5.04. The maximum absolute atomic E-state index is 10.5. The maximum atomic E-state index is 10.5. The fourth-order valence-electron chi connectivity index (χ4n) is 1.16. The Bertz CT molecular complexity index is 146. The molecule has 13 heavy (non-hydrogen) atoms. The van der Waals surface area contributed by atoms with Gasteiger partial charge in [0.25, 0.3) is 5.91 Å². The summed E-state index contributed by atoms with van der Waals surface area (Å²) in [6.45, 7) is 2.81. The van der Waals surface area contributed by atoms with Crippen LogP contribution in [-0.4, -0.2) is 18.7 Å². The Balaban J connectivity index is 2.99. The molecule has 0 aromatic heterocycles. The van der Waals surface area contributed by atoms with Crippen LogP contribution in [0.15, 0.2) is 0 Å². The van der Waals surface area contributed by atoms with Crippen LogP contribution >= 0.6 is 0 Å². The standard InChI is InChI=1S/C10H19NO2/c1-2-3-4-5-6-7-8-11-10(13)9-12/h9H,2-8H2,1H3,(H,11,13). The summed E-state index contributed by atoms with van der Waals surface area (Å²) in [5.41, 5.74) is 0. The number of rotatable bonds is 8. The van der Waals surface area contributed by atoms with Gasteiger partial charge < -0.3 is 5.32 Å². The van der Waals surface area contributed by atoms with E-state index in [1.54, 1.807) is 0 Å². The van der Waals surface area contributed by atoms with Crippen LogP contribution in [0.3, 0.4) is 0 Å². The molecular formula is C10H19NO2. The zero-order valence-electron chi connectivity index (χ0n) is 8.34. The van der Waals surface area contributed by atoms with Crippen LogP contribution in [0.25, 0.3) is 0 Å². The van der Waals surface area contributed by atoms with Crippen LogP contribution in [0.5, 0.6) is 0 Å². The van der Waals surface area contributed by atoms with Gasteiger partial charge in [-0.25, -0.2) is 0 Å². The molecule has 0 spiro atoms. The van der Waals surface area contributed by atoms with E-state index >= 15 is 0 Å². The number of nitrogens with one attached hydrogen (secondary N) is 1. The smallest absolute Gasteiger partial charge is 0.284 e. The number of amides is 1. The number of carbonyl (C=O) groups excluding carboxylic acids is 2. The minimum atomic E-state index is -0.506. The Kier molecular flexibility index (Phi) is 8.62. The van der Waals surface area contributed by atoms with Gasteiger partial charge in [-0.15, -0.1) is 0 Å². The van der Waals surface area contributed by atoms with Crippen molar-refractivity contribution in [1.82, 2.24) is 5.32 Å². The van der Waals surface area contributed by atoms with Crippen LogP contribution < -0.4 is 5.32 Å². The largest absolute Gasteiger partial charge is 0.350 e. The molecule has 0 unspecified atom stereocenters. The normalized spacial score (nSPS) is 9.62. The van der Waals surface area contributed by atoms with Crippen LogP contribution in [0.4, 0.5) is 0 Å². The van der Waals surface area contributed by atoms with Gasteiger partial charge in [-0.05, 0) is 6.42 Å². The summed E-state index contributed by atoms with van der Waals surface area (Å²) in [5.74, 6) is -0.506. The average molecular weight is 185 g/mol. The van der Waals surface area contributed by atoms with Crippen molar-refractivity contribution in [2.24, 2.45) is 0 Å². The van der Waals surface area contributed by atoms with Gasteiger partial charge in [0.1, 0.15) is 0 Å². The van der Waals surface area contributed by atoms with E-state index in [2.05, 4.69) is 12.2 Å². The Morgan fingerprint density at radius 2 is 1.77 bits per heavy atom. The summed E-state index contributed by atoms with van der Waals surface area (Å²) in [4.78, 5) is 20.4. The maximum Gasteiger partial charge on any atom is 0.284 e. The molecule has 0 aromatic carbocycles. The molecular weight excluding hydrogens is 166 g/mol. The minimum absolute atomic E-state index is 0.317. The SMILES string of the molecule is CCCCCCCCNC(=O)C=O. The third kappa shape index (κ3) is 9.05. The topological polar surface area (TPSA) is 46.2 Å². The fraction of sp³-hybridized carbons (Fsp3) is 0.800. The van der Waals surface area contributed by atoms with Crippen molar-refractivity contribution < 1.29 is 9.59 Å². The van der Waals surface area contributed by atoms with Gasteiger partial charge >= 0.3 is 0 Å². The van der Waals surface area contributed by atoms with Gasteiger partial charge in [-0.3, -0.25) is 9.59 Å². The van der Waals surface area contributed by atoms with E-state index in [-0.39, 0.29) is 0 Å². The van der Waals surface area contributed by atoms with Gasteiger partial charge in [0.15, 0.2) is 0 Å². The van der Waals surface area contributed by atoms with Crippen LogP contribution in [0.2, 0.25) is 0 Å². The minimum Gasteiger partial charge on any atom is -0.350 e. The molecule has 0 rings (SSSR count). The van der Waals surface area contributed by atoms with Crippen molar-refractivity contribution in [2.75, 3.05) is 6.54 Å². The summed E-state index contributed by atoms with van der Waals surface area (Å²) in [6.07, 6.45) is 7.48. The van der Waals surface area contributed by atoms with Crippen molar-refractivity contribution in [3.05, 3.63) is 0 Å². The first-order valence-corrected chi connectivity index (χ1v) is 5.04. The predicted molar refractivity (Wildman–Crippen MR) is 52.4 cm³/mol. The molecule has 1 N–H and O–H groups in total. The molecule has 0 aliphatic carbocycles. The van der Waals surface area contributed by atoms with E-state index in [1.165, 1.54) is 25.7 Å². The monoisotopic (exact) mass is 185 g/mol. The van der Waals surface area contributed by atoms with E-state index < -0.39 is 5.91 Å². The Morgan fingerprint density at radius 3 is 2.38 bits per heavy atom. The highest BCUT2D eigenvalue weighted by Gasteiger charge is 1.95. The summed E-state index contributed by atoms with van der Waals surface area (Å²) in [7, 11) is 0. The zero-order valence-corrected chi connectivity index (χ0v) is 8.34. The molecule has 0 aliphatic rings. The molecule has 3 nitrogen and oxygen atoms in total. The number of hydrogen-bond donors (Lipinski definition) is 1. The first-order chi connectivity index (χ1) is 6.31. The molecule has 0 fully saturated rings. The van der Waals surface area contributed by atoms with Crippen molar-refractivity contribution in [2.45, 2.75) is 45.4 Å². The molecule has 0 aromatic rings. The fourth-order valence-corrected chi connectivity index (χ4v) is 1.16. The number of carbonyl (C=O) groups is 2. The lowest BCUT2D eigenvalue weighted by atomic mass is 10.1. The van der Waals surface area contributed by atoms with Gasteiger partial charge in [0.2, 0.25) is 6.29 Å². The highest BCUT2D eigenvalue weighted by atomic mass is 16.2. The molecule has 0 bridgehead atoms. The summed E-state index contributed by atoms with van der Waals surface area (Å²) in [6, 6.07) is 0. The van der Waals surface area contributed by atoms with E-state index in [1.807, 2.05) is 0 Å². The first kappa shape index (κ1) is 12.1. The van der Waals surface area contributed by atoms with E-state index in [0.717, 1.165) is 12.8 Å².